The minimum Gasteiger partial charge on any atom is -0.497 e. The number of carbonyl (C=O) groups is 2. The van der Waals surface area contributed by atoms with E-state index in [1.165, 1.54) is 25.3 Å². The van der Waals surface area contributed by atoms with E-state index >= 15 is 0 Å². The number of methoxy groups -OCH3 is 1. The van der Waals surface area contributed by atoms with E-state index in [4.69, 9.17) is 4.74 Å². The van der Waals surface area contributed by atoms with Crippen LogP contribution in [-0.2, 0) is 20.4 Å². The molecule has 2 aromatic rings. The van der Waals surface area contributed by atoms with Gasteiger partial charge in [-0.15, -0.1) is 0 Å². The Morgan fingerprint density at radius 2 is 1.60 bits per heavy atom. The lowest BCUT2D eigenvalue weighted by Crippen LogP contribution is -2.26. The Morgan fingerprint density at radius 1 is 1.00 bits per heavy atom. The molecule has 0 saturated carbocycles. The van der Waals surface area contributed by atoms with Crippen LogP contribution >= 0.6 is 0 Å². The SMILES string of the molecule is COc1ccc(NC(=O)C[S@@](=O)CC(=O)Nc2cccc(F)c2)cc1. The summed E-state index contributed by atoms with van der Waals surface area (Å²) in [7, 11) is -0.148. The number of anilines is 2. The molecule has 2 amide bonds. The smallest absolute Gasteiger partial charge is 0.237 e. The van der Waals surface area contributed by atoms with Gasteiger partial charge in [-0.3, -0.25) is 13.8 Å². The van der Waals surface area contributed by atoms with Crippen molar-refractivity contribution in [3.63, 3.8) is 0 Å². The van der Waals surface area contributed by atoms with E-state index in [1.807, 2.05) is 0 Å². The van der Waals surface area contributed by atoms with Gasteiger partial charge in [0.05, 0.1) is 7.11 Å². The van der Waals surface area contributed by atoms with Crippen LogP contribution in [0.25, 0.3) is 0 Å². The zero-order valence-corrected chi connectivity index (χ0v) is 14.3. The lowest BCUT2D eigenvalue weighted by Gasteiger charge is -2.07. The van der Waals surface area contributed by atoms with E-state index in [0.717, 1.165) is 6.07 Å². The third-order valence-corrected chi connectivity index (χ3v) is 4.23. The maximum atomic E-state index is 13.0. The fourth-order valence-electron chi connectivity index (χ4n) is 1.98. The van der Waals surface area contributed by atoms with Gasteiger partial charge in [-0.05, 0) is 42.5 Å². The average Bonchev–Trinajstić information content (AvgIpc) is 2.55. The van der Waals surface area contributed by atoms with Gasteiger partial charge in [-0.2, -0.15) is 0 Å². The molecule has 2 N–H and O–H groups in total. The molecule has 2 aromatic carbocycles. The molecule has 0 aliphatic carbocycles. The lowest BCUT2D eigenvalue weighted by atomic mass is 10.3. The highest BCUT2D eigenvalue weighted by molar-refractivity contribution is 7.86. The summed E-state index contributed by atoms with van der Waals surface area (Å²) in [6.45, 7) is 0. The van der Waals surface area contributed by atoms with Gasteiger partial charge in [0.1, 0.15) is 23.1 Å². The number of carbonyl (C=O) groups excluding carboxylic acids is 2. The molecule has 0 radical (unpaired) electrons. The number of amides is 2. The first-order valence-electron chi connectivity index (χ1n) is 7.30. The van der Waals surface area contributed by atoms with Crippen LogP contribution in [0, 0.1) is 5.82 Å². The highest BCUT2D eigenvalue weighted by Crippen LogP contribution is 2.15. The van der Waals surface area contributed by atoms with Crippen molar-refractivity contribution >= 4 is 34.0 Å². The van der Waals surface area contributed by atoms with E-state index in [9.17, 15) is 18.2 Å². The highest BCUT2D eigenvalue weighted by atomic mass is 32.2. The number of hydrogen-bond acceptors (Lipinski definition) is 4. The second-order valence-electron chi connectivity index (χ2n) is 5.06. The van der Waals surface area contributed by atoms with E-state index in [1.54, 1.807) is 24.3 Å². The van der Waals surface area contributed by atoms with E-state index in [-0.39, 0.29) is 17.2 Å². The second-order valence-corrected chi connectivity index (χ2v) is 6.52. The Labute approximate surface area is 146 Å². The summed E-state index contributed by atoms with van der Waals surface area (Å²) in [5.41, 5.74) is 0.802. The van der Waals surface area contributed by atoms with Crippen molar-refractivity contribution in [2.45, 2.75) is 0 Å². The Bertz CT molecular complexity index is 780. The van der Waals surface area contributed by atoms with Gasteiger partial charge in [-0.1, -0.05) is 6.07 Å². The highest BCUT2D eigenvalue weighted by Gasteiger charge is 2.13. The first-order valence-corrected chi connectivity index (χ1v) is 8.79. The maximum Gasteiger partial charge on any atom is 0.237 e. The molecule has 0 aromatic heterocycles. The minimum absolute atomic E-state index is 0.268. The summed E-state index contributed by atoms with van der Waals surface area (Å²) in [5.74, 6) is -1.54. The van der Waals surface area contributed by atoms with Crippen molar-refractivity contribution in [2.24, 2.45) is 0 Å². The Morgan fingerprint density at radius 3 is 2.16 bits per heavy atom. The number of ether oxygens (including phenoxy) is 1. The van der Waals surface area contributed by atoms with Crippen LogP contribution in [0.1, 0.15) is 0 Å². The zero-order valence-electron chi connectivity index (χ0n) is 13.5. The zero-order chi connectivity index (χ0) is 18.2. The van der Waals surface area contributed by atoms with Gasteiger partial charge in [0.2, 0.25) is 11.8 Å². The van der Waals surface area contributed by atoms with Gasteiger partial charge in [0.25, 0.3) is 0 Å². The predicted molar refractivity (Wildman–Crippen MR) is 94.5 cm³/mol. The molecule has 2 rings (SSSR count). The largest absolute Gasteiger partial charge is 0.497 e. The summed E-state index contributed by atoms with van der Waals surface area (Å²) < 4.78 is 30.0. The summed E-state index contributed by atoms with van der Waals surface area (Å²) in [4.78, 5) is 23.6. The van der Waals surface area contributed by atoms with E-state index < -0.39 is 28.4 Å². The molecule has 0 heterocycles. The fraction of sp³-hybridized carbons (Fsp3) is 0.176. The number of benzene rings is 2. The third-order valence-electron chi connectivity index (χ3n) is 3.07. The first kappa shape index (κ1) is 18.6. The van der Waals surface area contributed by atoms with Crippen molar-refractivity contribution in [1.82, 2.24) is 0 Å². The molecule has 0 aliphatic heterocycles. The van der Waals surface area contributed by atoms with Crippen molar-refractivity contribution in [1.29, 1.82) is 0 Å². The van der Waals surface area contributed by atoms with Crippen molar-refractivity contribution < 1.29 is 22.9 Å². The molecule has 0 saturated heterocycles. The van der Waals surface area contributed by atoms with Crippen LogP contribution < -0.4 is 15.4 Å². The number of hydrogen-bond donors (Lipinski definition) is 2. The number of nitrogens with one attached hydrogen (secondary N) is 2. The molecule has 132 valence electrons. The third kappa shape index (κ3) is 6.34. The molecular weight excluding hydrogens is 347 g/mol. The van der Waals surface area contributed by atoms with Crippen molar-refractivity contribution in [2.75, 3.05) is 29.2 Å². The van der Waals surface area contributed by atoms with Crippen LogP contribution in [0.4, 0.5) is 15.8 Å². The summed E-state index contributed by atoms with van der Waals surface area (Å²) in [6.07, 6.45) is 0. The first-order chi connectivity index (χ1) is 12.0. The molecule has 0 bridgehead atoms. The Kier molecular flexibility index (Phi) is 6.64. The van der Waals surface area contributed by atoms with E-state index in [2.05, 4.69) is 10.6 Å². The molecule has 8 heteroatoms. The Balaban J connectivity index is 1.80. The summed E-state index contributed by atoms with van der Waals surface area (Å²) in [5, 5.41) is 5.02. The van der Waals surface area contributed by atoms with Crippen LogP contribution in [0.5, 0.6) is 5.75 Å². The van der Waals surface area contributed by atoms with Gasteiger partial charge in [0, 0.05) is 22.2 Å². The number of halogens is 1. The minimum atomic E-state index is -1.68. The quantitative estimate of drug-likeness (QED) is 0.789. The monoisotopic (exact) mass is 364 g/mol. The molecular formula is C17H17FN2O4S. The van der Waals surface area contributed by atoms with Crippen LogP contribution in [0.15, 0.2) is 48.5 Å². The average molecular weight is 364 g/mol. The van der Waals surface area contributed by atoms with Crippen molar-refractivity contribution in [3.8, 4) is 5.75 Å². The fourth-order valence-corrected chi connectivity index (χ4v) is 2.81. The molecule has 0 unspecified atom stereocenters. The van der Waals surface area contributed by atoms with Crippen molar-refractivity contribution in [3.05, 3.63) is 54.3 Å². The topological polar surface area (TPSA) is 84.5 Å². The van der Waals surface area contributed by atoms with Crippen LogP contribution in [0.3, 0.4) is 0 Å². The molecule has 0 fully saturated rings. The predicted octanol–water partition coefficient (Wildman–Crippen LogP) is 2.16. The van der Waals surface area contributed by atoms with Gasteiger partial charge < -0.3 is 15.4 Å². The molecule has 25 heavy (non-hydrogen) atoms. The summed E-state index contributed by atoms with van der Waals surface area (Å²) >= 11 is 0. The lowest BCUT2D eigenvalue weighted by molar-refractivity contribution is -0.114. The molecule has 0 aliphatic rings. The van der Waals surface area contributed by atoms with Crippen LogP contribution in [0.2, 0.25) is 0 Å². The second kappa shape index (κ2) is 8.93. The van der Waals surface area contributed by atoms with Gasteiger partial charge in [-0.25, -0.2) is 4.39 Å². The normalized spacial score (nSPS) is 11.4. The number of rotatable bonds is 7. The standard InChI is InChI=1S/C17H17FN2O4S/c1-24-15-7-5-13(6-8-15)19-16(21)10-25(23)11-17(22)20-14-4-2-3-12(18)9-14/h2-9H,10-11H2,1H3,(H,19,21)(H,20,22)/t25-/m1/s1. The maximum absolute atomic E-state index is 13.0. The Hall–Kier alpha value is -2.74. The van der Waals surface area contributed by atoms with Gasteiger partial charge >= 0.3 is 0 Å². The van der Waals surface area contributed by atoms with Crippen LogP contribution in [-0.4, -0.2) is 34.6 Å². The van der Waals surface area contributed by atoms with E-state index in [0.29, 0.717) is 11.4 Å². The van der Waals surface area contributed by atoms with Gasteiger partial charge in [0.15, 0.2) is 0 Å². The molecule has 0 spiro atoms. The molecule has 6 nitrogen and oxygen atoms in total. The summed E-state index contributed by atoms with van der Waals surface area (Å²) in [6, 6.07) is 12.0. The molecule has 1 atom stereocenters.